The lowest BCUT2D eigenvalue weighted by Gasteiger charge is -2.22. The lowest BCUT2D eigenvalue weighted by molar-refractivity contribution is -0.117. The number of aromatic nitrogens is 2. The molecular formula is C17H19ClN4O. The van der Waals surface area contributed by atoms with Crippen LogP contribution in [0.2, 0.25) is 5.02 Å². The molecule has 0 bridgehead atoms. The van der Waals surface area contributed by atoms with Crippen LogP contribution in [0.15, 0.2) is 36.7 Å². The topological polar surface area (TPSA) is 58.1 Å². The van der Waals surface area contributed by atoms with E-state index in [0.717, 1.165) is 36.5 Å². The summed E-state index contributed by atoms with van der Waals surface area (Å²) < 4.78 is 0. The van der Waals surface area contributed by atoms with Crippen molar-refractivity contribution in [3.05, 3.63) is 53.1 Å². The van der Waals surface area contributed by atoms with Crippen molar-refractivity contribution in [3.8, 4) is 0 Å². The second kappa shape index (κ2) is 7.06. The minimum absolute atomic E-state index is 0.0433. The highest BCUT2D eigenvalue weighted by atomic mass is 35.5. The van der Waals surface area contributed by atoms with Crippen LogP contribution in [0.25, 0.3) is 0 Å². The van der Waals surface area contributed by atoms with E-state index in [4.69, 9.17) is 11.6 Å². The Morgan fingerprint density at radius 3 is 2.91 bits per heavy atom. The number of hydrogen-bond acceptors (Lipinski definition) is 4. The van der Waals surface area contributed by atoms with E-state index in [1.54, 1.807) is 18.5 Å². The van der Waals surface area contributed by atoms with E-state index < -0.39 is 0 Å². The molecule has 1 N–H and O–H groups in total. The number of carbonyl (C=O) groups is 1. The maximum Gasteiger partial charge on any atom is 0.238 e. The number of amides is 1. The Balaban J connectivity index is 1.66. The average molecular weight is 331 g/mol. The van der Waals surface area contributed by atoms with Crippen molar-refractivity contribution >= 4 is 23.2 Å². The monoisotopic (exact) mass is 330 g/mol. The van der Waals surface area contributed by atoms with Crippen LogP contribution in [0.5, 0.6) is 0 Å². The minimum Gasteiger partial charge on any atom is -0.325 e. The maximum atomic E-state index is 12.4. The Morgan fingerprint density at radius 2 is 2.13 bits per heavy atom. The fraction of sp³-hybridized carbons (Fsp3) is 0.353. The highest BCUT2D eigenvalue weighted by molar-refractivity contribution is 6.31. The van der Waals surface area contributed by atoms with Crippen LogP contribution in [0, 0.1) is 6.92 Å². The average Bonchev–Trinajstić information content (AvgIpc) is 3.00. The van der Waals surface area contributed by atoms with E-state index in [9.17, 15) is 4.79 Å². The largest absolute Gasteiger partial charge is 0.325 e. The lowest BCUT2D eigenvalue weighted by Crippen LogP contribution is -2.33. The first-order valence-corrected chi connectivity index (χ1v) is 8.09. The number of nitrogens with one attached hydrogen (secondary N) is 1. The van der Waals surface area contributed by atoms with E-state index in [2.05, 4.69) is 20.2 Å². The molecule has 6 heteroatoms. The first-order valence-electron chi connectivity index (χ1n) is 7.71. The van der Waals surface area contributed by atoms with Crippen molar-refractivity contribution in [2.24, 2.45) is 0 Å². The Hall–Kier alpha value is -1.98. The molecule has 120 valence electrons. The molecule has 1 aromatic heterocycles. The zero-order valence-electron chi connectivity index (χ0n) is 13.0. The van der Waals surface area contributed by atoms with E-state index in [1.165, 1.54) is 0 Å². The molecule has 1 atom stereocenters. The molecule has 0 radical (unpaired) electrons. The third kappa shape index (κ3) is 3.68. The third-order valence-electron chi connectivity index (χ3n) is 4.14. The van der Waals surface area contributed by atoms with Gasteiger partial charge in [-0.2, -0.15) is 0 Å². The van der Waals surface area contributed by atoms with Crippen molar-refractivity contribution in [2.45, 2.75) is 25.8 Å². The predicted molar refractivity (Wildman–Crippen MR) is 90.4 cm³/mol. The highest BCUT2D eigenvalue weighted by Crippen LogP contribution is 2.29. The maximum absolute atomic E-state index is 12.4. The molecule has 5 nitrogen and oxygen atoms in total. The van der Waals surface area contributed by atoms with Crippen molar-refractivity contribution < 1.29 is 4.79 Å². The van der Waals surface area contributed by atoms with Crippen LogP contribution < -0.4 is 5.32 Å². The number of benzene rings is 1. The number of rotatable bonds is 4. The van der Waals surface area contributed by atoms with E-state index in [1.807, 2.05) is 25.1 Å². The van der Waals surface area contributed by atoms with Crippen molar-refractivity contribution in [1.29, 1.82) is 0 Å². The second-order valence-electron chi connectivity index (χ2n) is 5.70. The summed E-state index contributed by atoms with van der Waals surface area (Å²) in [5.41, 5.74) is 1.64. The first kappa shape index (κ1) is 15.9. The molecular weight excluding hydrogens is 312 g/mol. The van der Waals surface area contributed by atoms with Gasteiger partial charge in [0.05, 0.1) is 12.6 Å². The Bertz CT molecular complexity index is 692. The molecule has 1 aromatic carbocycles. The SMILES string of the molecule is Cc1c(Cl)cccc1NC(=O)CN1CCCC1c1ncccn1. The van der Waals surface area contributed by atoms with Crippen LogP contribution in [0.1, 0.15) is 30.3 Å². The summed E-state index contributed by atoms with van der Waals surface area (Å²) in [4.78, 5) is 23.2. The van der Waals surface area contributed by atoms with Crippen molar-refractivity contribution in [1.82, 2.24) is 14.9 Å². The number of likely N-dealkylation sites (tertiary alicyclic amines) is 1. The van der Waals surface area contributed by atoms with Gasteiger partial charge in [-0.1, -0.05) is 17.7 Å². The molecule has 1 amide bonds. The Morgan fingerprint density at radius 1 is 1.35 bits per heavy atom. The van der Waals surface area contributed by atoms with Gasteiger partial charge in [-0.25, -0.2) is 9.97 Å². The normalized spacial score (nSPS) is 18.1. The standard InChI is InChI=1S/C17H19ClN4O/c1-12-13(18)5-2-6-14(12)21-16(23)11-22-10-3-7-15(22)17-19-8-4-9-20-17/h2,4-6,8-9,15H,3,7,10-11H2,1H3,(H,21,23). The van der Waals surface area contributed by atoms with Gasteiger partial charge in [-0.3, -0.25) is 9.69 Å². The summed E-state index contributed by atoms with van der Waals surface area (Å²) in [7, 11) is 0. The van der Waals surface area contributed by atoms with Gasteiger partial charge in [0.2, 0.25) is 5.91 Å². The summed E-state index contributed by atoms with van der Waals surface area (Å²) in [5, 5.41) is 3.60. The van der Waals surface area contributed by atoms with E-state index in [0.29, 0.717) is 11.6 Å². The molecule has 1 saturated heterocycles. The van der Waals surface area contributed by atoms with Gasteiger partial charge in [0, 0.05) is 23.1 Å². The van der Waals surface area contributed by atoms with Crippen molar-refractivity contribution in [3.63, 3.8) is 0 Å². The van der Waals surface area contributed by atoms with Crippen LogP contribution in [0.3, 0.4) is 0 Å². The lowest BCUT2D eigenvalue weighted by atomic mass is 10.2. The zero-order valence-corrected chi connectivity index (χ0v) is 13.8. The summed E-state index contributed by atoms with van der Waals surface area (Å²) in [6.45, 7) is 3.11. The van der Waals surface area contributed by atoms with E-state index >= 15 is 0 Å². The quantitative estimate of drug-likeness (QED) is 0.935. The number of nitrogens with zero attached hydrogens (tertiary/aromatic N) is 3. The molecule has 0 spiro atoms. The summed E-state index contributed by atoms with van der Waals surface area (Å²) in [5.74, 6) is 0.745. The molecule has 2 heterocycles. The first-order chi connectivity index (χ1) is 11.1. The Labute approximate surface area is 140 Å². The number of carbonyl (C=O) groups excluding carboxylic acids is 1. The van der Waals surface area contributed by atoms with Gasteiger partial charge in [0.25, 0.3) is 0 Å². The van der Waals surface area contributed by atoms with Gasteiger partial charge in [0.15, 0.2) is 0 Å². The number of hydrogen-bond donors (Lipinski definition) is 1. The smallest absolute Gasteiger partial charge is 0.238 e. The van der Waals surface area contributed by atoms with Crippen LogP contribution in [0.4, 0.5) is 5.69 Å². The predicted octanol–water partition coefficient (Wildman–Crippen LogP) is 3.21. The van der Waals surface area contributed by atoms with Crippen LogP contribution in [-0.2, 0) is 4.79 Å². The Kier molecular flexibility index (Phi) is 4.88. The molecule has 23 heavy (non-hydrogen) atoms. The van der Waals surface area contributed by atoms with Gasteiger partial charge in [-0.05, 0) is 50.1 Å². The van der Waals surface area contributed by atoms with Gasteiger partial charge < -0.3 is 5.32 Å². The van der Waals surface area contributed by atoms with E-state index in [-0.39, 0.29) is 11.9 Å². The molecule has 1 aliphatic heterocycles. The van der Waals surface area contributed by atoms with Crippen LogP contribution >= 0.6 is 11.6 Å². The molecule has 1 unspecified atom stereocenters. The minimum atomic E-state index is -0.0433. The molecule has 0 aliphatic carbocycles. The van der Waals surface area contributed by atoms with Crippen molar-refractivity contribution in [2.75, 3.05) is 18.4 Å². The molecule has 0 saturated carbocycles. The van der Waals surface area contributed by atoms with Crippen LogP contribution in [-0.4, -0.2) is 33.9 Å². The van der Waals surface area contributed by atoms with Gasteiger partial charge >= 0.3 is 0 Å². The fourth-order valence-electron chi connectivity index (χ4n) is 2.91. The summed E-state index contributed by atoms with van der Waals surface area (Å²) in [6.07, 6.45) is 5.52. The zero-order chi connectivity index (χ0) is 16.2. The second-order valence-corrected chi connectivity index (χ2v) is 6.10. The fourth-order valence-corrected chi connectivity index (χ4v) is 3.08. The van der Waals surface area contributed by atoms with Gasteiger partial charge in [0.1, 0.15) is 5.82 Å². The molecule has 3 rings (SSSR count). The summed E-state index contributed by atoms with van der Waals surface area (Å²) in [6, 6.07) is 7.43. The highest BCUT2D eigenvalue weighted by Gasteiger charge is 2.29. The summed E-state index contributed by atoms with van der Waals surface area (Å²) >= 11 is 6.09. The molecule has 2 aromatic rings. The third-order valence-corrected chi connectivity index (χ3v) is 4.55. The number of anilines is 1. The molecule has 1 aliphatic rings. The molecule has 1 fully saturated rings. The van der Waals surface area contributed by atoms with Gasteiger partial charge in [-0.15, -0.1) is 0 Å². The number of halogens is 1.